The van der Waals surface area contributed by atoms with Crippen LogP contribution in [0.5, 0.6) is 0 Å². The highest BCUT2D eigenvalue weighted by molar-refractivity contribution is 14.1. The minimum absolute atomic E-state index is 0.0350. The number of ether oxygens (including phenoxy) is 3. The molecule has 4 heteroatoms. The van der Waals surface area contributed by atoms with E-state index in [0.29, 0.717) is 15.9 Å². The summed E-state index contributed by atoms with van der Waals surface area (Å²) in [7, 11) is 0. The first-order chi connectivity index (χ1) is 6.75. The smallest absolute Gasteiger partial charge is 0.154 e. The first-order valence-electron chi connectivity index (χ1n) is 5.24. The van der Waals surface area contributed by atoms with Crippen LogP contribution in [-0.4, -0.2) is 36.1 Å². The van der Waals surface area contributed by atoms with Gasteiger partial charge in [0, 0.05) is 9.84 Å². The summed E-state index contributed by atoms with van der Waals surface area (Å²) in [5, 5.41) is 0. The molecular weight excluding hydrogens is 295 g/mol. The molecule has 82 valence electrons. The quantitative estimate of drug-likeness (QED) is 0.547. The molecule has 2 aliphatic rings. The molecule has 14 heavy (non-hydrogen) atoms. The third-order valence-electron chi connectivity index (χ3n) is 2.87. The second-order valence-electron chi connectivity index (χ2n) is 4.04. The van der Waals surface area contributed by atoms with E-state index in [9.17, 15) is 0 Å². The van der Waals surface area contributed by atoms with E-state index in [0.717, 1.165) is 26.2 Å². The van der Waals surface area contributed by atoms with Crippen LogP contribution in [0.3, 0.4) is 0 Å². The van der Waals surface area contributed by atoms with E-state index in [1.165, 1.54) is 6.42 Å². The van der Waals surface area contributed by atoms with Crippen LogP contribution in [0.15, 0.2) is 0 Å². The number of hydrogen-bond donors (Lipinski definition) is 0. The second kappa shape index (κ2) is 5.09. The average molecular weight is 312 g/mol. The normalized spacial score (nSPS) is 45.0. The van der Waals surface area contributed by atoms with Gasteiger partial charge in [0.1, 0.15) is 0 Å². The predicted octanol–water partition coefficient (Wildman–Crippen LogP) is 1.98. The molecule has 2 heterocycles. The summed E-state index contributed by atoms with van der Waals surface area (Å²) in [6.45, 7) is 4.41. The van der Waals surface area contributed by atoms with E-state index in [1.54, 1.807) is 0 Å². The number of halogens is 1. The summed E-state index contributed by atoms with van der Waals surface area (Å²) in [6.07, 6.45) is 2.73. The molecule has 0 saturated carbocycles. The Bertz CT molecular complexity index is 152. The van der Waals surface area contributed by atoms with E-state index in [1.807, 2.05) is 6.92 Å². The molecule has 0 aliphatic carbocycles. The van der Waals surface area contributed by atoms with Gasteiger partial charge in [-0.05, 0) is 19.8 Å². The van der Waals surface area contributed by atoms with Crippen LogP contribution in [0, 0.1) is 5.92 Å². The van der Waals surface area contributed by atoms with Gasteiger partial charge in [-0.3, -0.25) is 0 Å². The summed E-state index contributed by atoms with van der Waals surface area (Å²) < 4.78 is 17.4. The molecule has 2 aliphatic heterocycles. The highest BCUT2D eigenvalue weighted by atomic mass is 127. The first-order valence-corrected chi connectivity index (χ1v) is 6.49. The lowest BCUT2D eigenvalue weighted by Gasteiger charge is -2.35. The highest BCUT2D eigenvalue weighted by Gasteiger charge is 2.30. The lowest BCUT2D eigenvalue weighted by atomic mass is 9.96. The lowest BCUT2D eigenvalue weighted by Crippen LogP contribution is -2.41. The first kappa shape index (κ1) is 11.1. The van der Waals surface area contributed by atoms with E-state index < -0.39 is 0 Å². The molecule has 0 N–H and O–H groups in total. The third-order valence-corrected chi connectivity index (χ3v) is 3.85. The minimum Gasteiger partial charge on any atom is -0.377 e. The number of alkyl halides is 1. The van der Waals surface area contributed by atoms with Crippen LogP contribution < -0.4 is 0 Å². The third kappa shape index (κ3) is 2.81. The Morgan fingerprint density at radius 2 is 1.71 bits per heavy atom. The van der Waals surface area contributed by atoms with Gasteiger partial charge in [0.25, 0.3) is 0 Å². The Morgan fingerprint density at radius 3 is 2.29 bits per heavy atom. The summed E-state index contributed by atoms with van der Waals surface area (Å²) in [5.74, 6) is 0.440. The Hall–Kier alpha value is 0.610. The van der Waals surface area contributed by atoms with E-state index in [2.05, 4.69) is 22.6 Å². The fourth-order valence-corrected chi connectivity index (χ4v) is 2.51. The zero-order valence-electron chi connectivity index (χ0n) is 8.45. The van der Waals surface area contributed by atoms with Gasteiger partial charge >= 0.3 is 0 Å². The van der Waals surface area contributed by atoms with Gasteiger partial charge in [0.15, 0.2) is 6.29 Å². The van der Waals surface area contributed by atoms with Crippen molar-refractivity contribution in [3.05, 3.63) is 0 Å². The SMILES string of the molecule is CC1OCC(C2CCC(I)CO2)CO1. The molecule has 0 spiro atoms. The fourth-order valence-electron chi connectivity index (χ4n) is 1.94. The molecule has 2 atom stereocenters. The van der Waals surface area contributed by atoms with Crippen LogP contribution in [0.25, 0.3) is 0 Å². The molecule has 0 aromatic carbocycles. The van der Waals surface area contributed by atoms with Crippen molar-refractivity contribution in [2.75, 3.05) is 19.8 Å². The van der Waals surface area contributed by atoms with Crippen LogP contribution in [-0.2, 0) is 14.2 Å². The van der Waals surface area contributed by atoms with Crippen molar-refractivity contribution in [1.82, 2.24) is 0 Å². The molecule has 0 aromatic rings. The van der Waals surface area contributed by atoms with Crippen molar-refractivity contribution < 1.29 is 14.2 Å². The van der Waals surface area contributed by atoms with Gasteiger partial charge in [0.2, 0.25) is 0 Å². The van der Waals surface area contributed by atoms with Gasteiger partial charge in [-0.15, -0.1) is 0 Å². The van der Waals surface area contributed by atoms with Gasteiger partial charge < -0.3 is 14.2 Å². The molecule has 0 bridgehead atoms. The van der Waals surface area contributed by atoms with Crippen molar-refractivity contribution in [2.24, 2.45) is 5.92 Å². The summed E-state index contributed by atoms with van der Waals surface area (Å²) in [4.78, 5) is 0. The lowest BCUT2D eigenvalue weighted by molar-refractivity contribution is -0.212. The van der Waals surface area contributed by atoms with Crippen molar-refractivity contribution in [1.29, 1.82) is 0 Å². The second-order valence-corrected chi connectivity index (χ2v) is 5.80. The molecular formula is C10H17IO3. The summed E-state index contributed by atoms with van der Waals surface area (Å²) >= 11 is 2.45. The standard InChI is InChI=1S/C10H17IO3/c1-7-12-4-8(5-13-7)10-3-2-9(11)6-14-10/h7-10H,2-6H2,1H3. The average Bonchev–Trinajstić information content (AvgIpc) is 2.21. The molecule has 2 saturated heterocycles. The van der Waals surface area contributed by atoms with Gasteiger partial charge in [0.05, 0.1) is 25.9 Å². The Morgan fingerprint density at radius 1 is 1.00 bits per heavy atom. The molecule has 0 aromatic heterocycles. The molecule has 2 fully saturated rings. The van der Waals surface area contributed by atoms with E-state index in [4.69, 9.17) is 14.2 Å². The number of rotatable bonds is 1. The van der Waals surface area contributed by atoms with Gasteiger partial charge in [-0.2, -0.15) is 0 Å². The fraction of sp³-hybridized carbons (Fsp3) is 1.00. The zero-order chi connectivity index (χ0) is 9.97. The summed E-state index contributed by atoms with van der Waals surface area (Å²) in [6, 6.07) is 0. The maximum atomic E-state index is 5.80. The maximum Gasteiger partial charge on any atom is 0.154 e. The van der Waals surface area contributed by atoms with Crippen LogP contribution in [0.4, 0.5) is 0 Å². The zero-order valence-corrected chi connectivity index (χ0v) is 10.6. The van der Waals surface area contributed by atoms with Crippen LogP contribution in [0.2, 0.25) is 0 Å². The van der Waals surface area contributed by atoms with Crippen LogP contribution in [0.1, 0.15) is 19.8 Å². The molecule has 2 rings (SSSR count). The highest BCUT2D eigenvalue weighted by Crippen LogP contribution is 2.26. The molecule has 0 radical (unpaired) electrons. The van der Waals surface area contributed by atoms with Crippen molar-refractivity contribution in [3.63, 3.8) is 0 Å². The van der Waals surface area contributed by atoms with Crippen molar-refractivity contribution in [3.8, 4) is 0 Å². The van der Waals surface area contributed by atoms with Crippen LogP contribution >= 0.6 is 22.6 Å². The largest absolute Gasteiger partial charge is 0.377 e. The monoisotopic (exact) mass is 312 g/mol. The molecule has 3 nitrogen and oxygen atoms in total. The van der Waals surface area contributed by atoms with Gasteiger partial charge in [-0.1, -0.05) is 22.6 Å². The predicted molar refractivity (Wildman–Crippen MR) is 61.6 cm³/mol. The Kier molecular flexibility index (Phi) is 4.04. The Balaban J connectivity index is 1.78. The minimum atomic E-state index is -0.0350. The van der Waals surface area contributed by atoms with Gasteiger partial charge in [-0.25, -0.2) is 0 Å². The topological polar surface area (TPSA) is 27.7 Å². The van der Waals surface area contributed by atoms with Crippen molar-refractivity contribution >= 4 is 22.6 Å². The number of hydrogen-bond acceptors (Lipinski definition) is 3. The molecule has 2 unspecified atom stereocenters. The van der Waals surface area contributed by atoms with E-state index >= 15 is 0 Å². The van der Waals surface area contributed by atoms with E-state index in [-0.39, 0.29) is 6.29 Å². The molecule has 0 amide bonds. The van der Waals surface area contributed by atoms with Crippen molar-refractivity contribution in [2.45, 2.75) is 36.1 Å². The Labute approximate surface area is 98.6 Å². The summed E-state index contributed by atoms with van der Waals surface area (Å²) in [5.41, 5.74) is 0. The maximum absolute atomic E-state index is 5.80.